The first-order chi connectivity index (χ1) is 40.0. The van der Waals surface area contributed by atoms with E-state index in [4.69, 9.17) is 4.74 Å². The van der Waals surface area contributed by atoms with Crippen LogP contribution in [0.2, 0.25) is 0 Å². The number of unbranched alkanes of at least 4 members (excludes halogenated alkanes) is 48. The normalized spacial score (nSPS) is 12.9. The highest BCUT2D eigenvalue weighted by molar-refractivity contribution is 5.76. The fourth-order valence-electron chi connectivity index (χ4n) is 11.0. The van der Waals surface area contributed by atoms with Crippen LogP contribution in [0.3, 0.4) is 0 Å². The van der Waals surface area contributed by atoms with Crippen molar-refractivity contribution >= 4 is 11.9 Å². The van der Waals surface area contributed by atoms with Crippen molar-refractivity contribution < 1.29 is 24.5 Å². The largest absolute Gasteiger partial charge is 0.466 e. The number of aliphatic hydroxyl groups excluding tert-OH is 2. The van der Waals surface area contributed by atoms with Gasteiger partial charge in [0.25, 0.3) is 0 Å². The lowest BCUT2D eigenvalue weighted by Crippen LogP contribution is -2.45. The molecule has 474 valence electrons. The van der Waals surface area contributed by atoms with Gasteiger partial charge >= 0.3 is 5.97 Å². The Hall–Kier alpha value is -2.44. The lowest BCUT2D eigenvalue weighted by molar-refractivity contribution is -0.143. The molecule has 0 aliphatic carbocycles. The van der Waals surface area contributed by atoms with Gasteiger partial charge in [-0.2, -0.15) is 0 Å². The van der Waals surface area contributed by atoms with Crippen molar-refractivity contribution in [1.29, 1.82) is 0 Å². The summed E-state index contributed by atoms with van der Waals surface area (Å²) in [5.74, 6) is -0.0767. The summed E-state index contributed by atoms with van der Waals surface area (Å²) in [6.45, 7) is 4.89. The topological polar surface area (TPSA) is 95.9 Å². The molecule has 1 amide bonds. The lowest BCUT2D eigenvalue weighted by Gasteiger charge is -2.20. The van der Waals surface area contributed by atoms with Crippen LogP contribution in [0.25, 0.3) is 0 Å². The minimum Gasteiger partial charge on any atom is -0.466 e. The Kier molecular flexibility index (Phi) is 67.9. The second-order valence-electron chi connectivity index (χ2n) is 24.6. The minimum absolute atomic E-state index is 0.00548. The summed E-state index contributed by atoms with van der Waals surface area (Å²) in [7, 11) is 0. The molecule has 0 aliphatic rings. The SMILES string of the molecule is CCCCC/C=C\C/C=C\CCCCCCCC(=O)OCCCCCCCCCCC/C=C\C/C=C\CCCCCCCCCCCC(=O)NC(CO)C(O)/C=C/CCCCCCCCCCCCCCCCCCCCCCCC. The first kappa shape index (κ1) is 78.6. The third kappa shape index (κ3) is 66.6. The number of allylic oxidation sites excluding steroid dienone is 9. The van der Waals surface area contributed by atoms with Crippen LogP contribution in [-0.4, -0.2) is 47.4 Å². The minimum atomic E-state index is -0.852. The Morgan fingerprint density at radius 3 is 0.963 bits per heavy atom. The van der Waals surface area contributed by atoms with Gasteiger partial charge in [-0.1, -0.05) is 331 Å². The maximum absolute atomic E-state index is 12.5. The maximum atomic E-state index is 12.5. The predicted octanol–water partition coefficient (Wildman–Crippen LogP) is 23.4. The average Bonchev–Trinajstić information content (AvgIpc) is 3.47. The molecule has 0 saturated carbocycles. The van der Waals surface area contributed by atoms with E-state index in [2.05, 4.69) is 67.8 Å². The quantitative estimate of drug-likeness (QED) is 0.0320. The Labute approximate surface area is 505 Å². The number of hydrogen-bond acceptors (Lipinski definition) is 5. The molecule has 0 bridgehead atoms. The molecule has 6 nitrogen and oxygen atoms in total. The summed E-state index contributed by atoms with van der Waals surface area (Å²) in [6.07, 6.45) is 93.0. The Morgan fingerprint density at radius 2 is 0.617 bits per heavy atom. The third-order valence-electron chi connectivity index (χ3n) is 16.5. The van der Waals surface area contributed by atoms with Crippen molar-refractivity contribution in [3.63, 3.8) is 0 Å². The number of hydrogen-bond donors (Lipinski definition) is 3. The second-order valence-corrected chi connectivity index (χ2v) is 24.6. The Balaban J connectivity index is 3.47. The first-order valence-electron chi connectivity index (χ1n) is 36.1. The third-order valence-corrected chi connectivity index (χ3v) is 16.5. The van der Waals surface area contributed by atoms with Gasteiger partial charge in [-0.25, -0.2) is 0 Å². The van der Waals surface area contributed by atoms with E-state index in [0.29, 0.717) is 19.4 Å². The van der Waals surface area contributed by atoms with E-state index in [9.17, 15) is 19.8 Å². The molecule has 6 heteroatoms. The standard InChI is InChI=1S/C75H139NO5/c1-3-5-7-9-11-13-15-17-19-20-21-22-23-27-30-33-36-40-43-47-51-55-59-63-67-73(78)72(71-77)76-74(79)68-64-60-56-52-48-44-41-37-34-31-28-25-24-26-29-32-35-38-42-46-50-54-58-62-66-70-81-75(80)69-65-61-57-53-49-45-39-18-16-14-12-10-8-6-4-2/h12,14,18,25-26,28-29,39,63,67,72-73,77-78H,3-11,13,15-17,19-24,27,30-38,40-62,64-66,68-71H2,1-2H3,(H,76,79)/b14-12-,28-25-,29-26-,39-18-,67-63+. The number of aliphatic hydroxyl groups is 2. The fraction of sp³-hybridized carbons (Fsp3) is 0.840. The molecule has 2 unspecified atom stereocenters. The van der Waals surface area contributed by atoms with Gasteiger partial charge in [-0.3, -0.25) is 9.59 Å². The van der Waals surface area contributed by atoms with E-state index < -0.39 is 12.1 Å². The number of rotatable bonds is 67. The molecule has 0 fully saturated rings. The predicted molar refractivity (Wildman–Crippen MR) is 356 cm³/mol. The van der Waals surface area contributed by atoms with Crippen molar-refractivity contribution in [2.45, 2.75) is 392 Å². The molecule has 0 aromatic heterocycles. The highest BCUT2D eigenvalue weighted by Crippen LogP contribution is 2.18. The van der Waals surface area contributed by atoms with Crippen LogP contribution >= 0.6 is 0 Å². The van der Waals surface area contributed by atoms with Crippen LogP contribution in [0.15, 0.2) is 60.8 Å². The van der Waals surface area contributed by atoms with E-state index in [1.807, 2.05) is 6.08 Å². The van der Waals surface area contributed by atoms with E-state index >= 15 is 0 Å². The lowest BCUT2D eigenvalue weighted by atomic mass is 10.0. The number of amides is 1. The molecular formula is C75H139NO5. The summed E-state index contributed by atoms with van der Waals surface area (Å²) in [5.41, 5.74) is 0. The van der Waals surface area contributed by atoms with Crippen LogP contribution in [0, 0.1) is 0 Å². The van der Waals surface area contributed by atoms with Gasteiger partial charge < -0.3 is 20.3 Å². The summed E-state index contributed by atoms with van der Waals surface area (Å²) in [6, 6.07) is -0.635. The number of esters is 1. The van der Waals surface area contributed by atoms with Crippen LogP contribution < -0.4 is 5.32 Å². The summed E-state index contributed by atoms with van der Waals surface area (Å²) >= 11 is 0. The number of carbonyl (C=O) groups is 2. The van der Waals surface area contributed by atoms with Crippen molar-refractivity contribution in [2.75, 3.05) is 13.2 Å². The van der Waals surface area contributed by atoms with Gasteiger partial charge in [0.1, 0.15) is 0 Å². The second kappa shape index (κ2) is 70.0. The van der Waals surface area contributed by atoms with E-state index in [0.717, 1.165) is 57.8 Å². The van der Waals surface area contributed by atoms with E-state index in [1.54, 1.807) is 6.08 Å². The summed E-state index contributed by atoms with van der Waals surface area (Å²) in [4.78, 5) is 24.6. The van der Waals surface area contributed by atoms with Crippen LogP contribution in [0.5, 0.6) is 0 Å². The molecule has 0 aromatic carbocycles. The van der Waals surface area contributed by atoms with E-state index in [-0.39, 0.29) is 18.5 Å². The van der Waals surface area contributed by atoms with Crippen molar-refractivity contribution in [3.8, 4) is 0 Å². The molecule has 0 saturated heterocycles. The number of carbonyl (C=O) groups excluding carboxylic acids is 2. The molecular weight excluding hydrogens is 995 g/mol. The molecule has 0 heterocycles. The average molecular weight is 1130 g/mol. The van der Waals surface area contributed by atoms with Crippen molar-refractivity contribution in [1.82, 2.24) is 5.32 Å². The zero-order valence-electron chi connectivity index (χ0n) is 54.3. The van der Waals surface area contributed by atoms with Crippen molar-refractivity contribution in [3.05, 3.63) is 60.8 Å². The molecule has 0 rings (SSSR count). The van der Waals surface area contributed by atoms with E-state index in [1.165, 1.54) is 295 Å². The van der Waals surface area contributed by atoms with Crippen molar-refractivity contribution in [2.24, 2.45) is 0 Å². The van der Waals surface area contributed by atoms with Gasteiger partial charge in [-0.15, -0.1) is 0 Å². The fourth-order valence-corrected chi connectivity index (χ4v) is 11.0. The zero-order chi connectivity index (χ0) is 58.5. The number of ether oxygens (including phenoxy) is 1. The van der Waals surface area contributed by atoms with Gasteiger partial charge in [0.05, 0.1) is 25.4 Å². The molecule has 0 radical (unpaired) electrons. The van der Waals surface area contributed by atoms with Gasteiger partial charge in [0, 0.05) is 12.8 Å². The number of nitrogens with one attached hydrogen (secondary N) is 1. The molecule has 0 spiro atoms. The van der Waals surface area contributed by atoms with Crippen LogP contribution in [0.1, 0.15) is 380 Å². The van der Waals surface area contributed by atoms with Crippen LogP contribution in [0.4, 0.5) is 0 Å². The Bertz CT molecular complexity index is 1400. The zero-order valence-corrected chi connectivity index (χ0v) is 54.3. The molecule has 81 heavy (non-hydrogen) atoms. The maximum Gasteiger partial charge on any atom is 0.305 e. The molecule has 0 aliphatic heterocycles. The first-order valence-corrected chi connectivity index (χ1v) is 36.1. The monoisotopic (exact) mass is 1130 g/mol. The molecule has 2 atom stereocenters. The van der Waals surface area contributed by atoms with Gasteiger partial charge in [-0.05, 0) is 96.3 Å². The smallest absolute Gasteiger partial charge is 0.305 e. The highest BCUT2D eigenvalue weighted by atomic mass is 16.5. The molecule has 3 N–H and O–H groups in total. The van der Waals surface area contributed by atoms with Gasteiger partial charge in [0.15, 0.2) is 0 Å². The summed E-state index contributed by atoms with van der Waals surface area (Å²) < 4.78 is 5.48. The summed E-state index contributed by atoms with van der Waals surface area (Å²) in [5, 5.41) is 23.3. The highest BCUT2D eigenvalue weighted by Gasteiger charge is 2.18. The van der Waals surface area contributed by atoms with Gasteiger partial charge in [0.2, 0.25) is 5.91 Å². The Morgan fingerprint density at radius 1 is 0.346 bits per heavy atom. The molecule has 0 aromatic rings. The van der Waals surface area contributed by atoms with Crippen LogP contribution in [-0.2, 0) is 14.3 Å².